The van der Waals surface area contributed by atoms with Crippen LogP contribution >= 0.6 is 11.8 Å². The van der Waals surface area contributed by atoms with Gasteiger partial charge in [0, 0.05) is 18.7 Å². The monoisotopic (exact) mass is 378 g/mol. The van der Waals surface area contributed by atoms with Gasteiger partial charge in [0.05, 0.1) is 0 Å². The lowest BCUT2D eigenvalue weighted by molar-refractivity contribution is -0.120. The second kappa shape index (κ2) is 7.56. The predicted molar refractivity (Wildman–Crippen MR) is 107 cm³/mol. The first-order valence-electron chi connectivity index (χ1n) is 9.10. The zero-order valence-electron chi connectivity index (χ0n) is 15.4. The fraction of sp³-hybridized carbons (Fsp3) is 0.286. The molecule has 27 heavy (non-hydrogen) atoms. The van der Waals surface area contributed by atoms with Crippen molar-refractivity contribution in [3.63, 3.8) is 0 Å². The number of benzene rings is 2. The van der Waals surface area contributed by atoms with Crippen molar-refractivity contribution in [2.45, 2.75) is 36.2 Å². The number of hydrogen-bond donors (Lipinski definition) is 1. The van der Waals surface area contributed by atoms with Gasteiger partial charge in [0.15, 0.2) is 11.0 Å². The highest BCUT2D eigenvalue weighted by atomic mass is 32.2. The van der Waals surface area contributed by atoms with E-state index in [1.807, 2.05) is 54.1 Å². The highest BCUT2D eigenvalue weighted by molar-refractivity contribution is 8.00. The third-order valence-electron chi connectivity index (χ3n) is 4.60. The maximum Gasteiger partial charge on any atom is 0.238 e. The van der Waals surface area contributed by atoms with Crippen LogP contribution in [-0.2, 0) is 11.8 Å². The molecule has 0 spiro atoms. The molecule has 1 aliphatic rings. The van der Waals surface area contributed by atoms with E-state index in [1.54, 1.807) is 0 Å². The molecular formula is C21H22N4OS. The van der Waals surface area contributed by atoms with Crippen LogP contribution in [0.1, 0.15) is 29.2 Å². The lowest BCUT2D eigenvalue weighted by Crippen LogP contribution is -2.29. The molecule has 4 rings (SSSR count). The fourth-order valence-corrected chi connectivity index (χ4v) is 3.98. The van der Waals surface area contributed by atoms with Crippen molar-refractivity contribution < 1.29 is 4.79 Å². The molecule has 1 N–H and O–H groups in total. The molecule has 0 aliphatic heterocycles. The Labute approximate surface area is 163 Å². The van der Waals surface area contributed by atoms with Crippen molar-refractivity contribution in [1.82, 2.24) is 20.1 Å². The second-order valence-corrected chi connectivity index (χ2v) is 8.00. The summed E-state index contributed by atoms with van der Waals surface area (Å²) >= 11 is 1.44. The number of carbonyl (C=O) groups is 1. The number of nitrogens with one attached hydrogen (secondary N) is 1. The maximum atomic E-state index is 12.8. The molecule has 0 unspecified atom stereocenters. The van der Waals surface area contributed by atoms with Gasteiger partial charge in [-0.1, -0.05) is 65.9 Å². The Morgan fingerprint density at radius 1 is 1.15 bits per heavy atom. The van der Waals surface area contributed by atoms with Gasteiger partial charge in [-0.05, 0) is 31.4 Å². The van der Waals surface area contributed by atoms with E-state index in [4.69, 9.17) is 0 Å². The molecule has 1 atom stereocenters. The Morgan fingerprint density at radius 2 is 1.93 bits per heavy atom. The van der Waals surface area contributed by atoms with E-state index < -0.39 is 0 Å². The minimum atomic E-state index is -0.347. The van der Waals surface area contributed by atoms with Crippen LogP contribution in [0.5, 0.6) is 0 Å². The molecule has 0 saturated heterocycles. The first kappa shape index (κ1) is 17.8. The van der Waals surface area contributed by atoms with Crippen LogP contribution in [0.3, 0.4) is 0 Å². The first-order valence-corrected chi connectivity index (χ1v) is 9.98. The Morgan fingerprint density at radius 3 is 2.63 bits per heavy atom. The number of hydrogen-bond acceptors (Lipinski definition) is 4. The number of aryl methyl sites for hydroxylation is 1. The Balaban J connectivity index is 1.62. The molecule has 0 bridgehead atoms. The van der Waals surface area contributed by atoms with E-state index in [0.29, 0.717) is 6.04 Å². The smallest absolute Gasteiger partial charge is 0.238 e. The Bertz CT molecular complexity index is 950. The average molecular weight is 379 g/mol. The summed E-state index contributed by atoms with van der Waals surface area (Å²) in [5.41, 5.74) is 3.17. The van der Waals surface area contributed by atoms with Gasteiger partial charge in [0.1, 0.15) is 5.25 Å². The van der Waals surface area contributed by atoms with Crippen LogP contribution in [0.25, 0.3) is 11.4 Å². The molecule has 5 nitrogen and oxygen atoms in total. The van der Waals surface area contributed by atoms with Crippen molar-refractivity contribution in [3.05, 3.63) is 65.7 Å². The molecule has 1 amide bonds. The number of carbonyl (C=O) groups excluding carboxylic acids is 1. The van der Waals surface area contributed by atoms with Gasteiger partial charge < -0.3 is 9.88 Å². The molecule has 1 heterocycles. The van der Waals surface area contributed by atoms with Crippen LogP contribution in [0.15, 0.2) is 59.8 Å². The van der Waals surface area contributed by atoms with Crippen molar-refractivity contribution in [1.29, 1.82) is 0 Å². The molecule has 1 aliphatic carbocycles. The minimum absolute atomic E-state index is 0.0359. The van der Waals surface area contributed by atoms with Crippen LogP contribution in [-0.4, -0.2) is 26.7 Å². The van der Waals surface area contributed by atoms with Crippen LogP contribution in [0, 0.1) is 6.92 Å². The lowest BCUT2D eigenvalue weighted by atomic mass is 10.1. The summed E-state index contributed by atoms with van der Waals surface area (Å²) in [6.45, 7) is 2.06. The normalized spacial score (nSPS) is 14.7. The summed E-state index contributed by atoms with van der Waals surface area (Å²) in [6.07, 6.45) is 2.14. The van der Waals surface area contributed by atoms with Gasteiger partial charge in [0.2, 0.25) is 5.91 Å². The summed E-state index contributed by atoms with van der Waals surface area (Å²) in [5, 5.41) is 12.2. The molecule has 0 radical (unpaired) electrons. The number of nitrogens with zero attached hydrogens (tertiary/aromatic N) is 3. The van der Waals surface area contributed by atoms with E-state index in [2.05, 4.69) is 34.6 Å². The van der Waals surface area contributed by atoms with E-state index in [0.717, 1.165) is 34.9 Å². The third kappa shape index (κ3) is 4.06. The SMILES string of the molecule is Cc1cccc(-c2nnc(S[C@@H](C(=O)NC3CC3)c3ccccc3)n2C)c1. The summed E-state index contributed by atoms with van der Waals surface area (Å²) in [4.78, 5) is 12.8. The predicted octanol–water partition coefficient (Wildman–Crippen LogP) is 3.90. The zero-order valence-corrected chi connectivity index (χ0v) is 16.2. The molecule has 138 valence electrons. The summed E-state index contributed by atoms with van der Waals surface area (Å²) < 4.78 is 1.96. The van der Waals surface area contributed by atoms with E-state index in [1.165, 1.54) is 17.3 Å². The van der Waals surface area contributed by atoms with Crippen LogP contribution in [0.2, 0.25) is 0 Å². The average Bonchev–Trinajstić information content (AvgIpc) is 3.41. The topological polar surface area (TPSA) is 59.8 Å². The zero-order chi connectivity index (χ0) is 18.8. The van der Waals surface area contributed by atoms with Crippen molar-refractivity contribution in [3.8, 4) is 11.4 Å². The number of rotatable bonds is 6. The molecule has 2 aromatic carbocycles. The van der Waals surface area contributed by atoms with E-state index >= 15 is 0 Å². The molecule has 1 aromatic heterocycles. The Kier molecular flexibility index (Phi) is 4.99. The minimum Gasteiger partial charge on any atom is -0.352 e. The van der Waals surface area contributed by atoms with Gasteiger partial charge in [0.25, 0.3) is 0 Å². The summed E-state index contributed by atoms with van der Waals surface area (Å²) in [7, 11) is 1.95. The van der Waals surface area contributed by atoms with Crippen molar-refractivity contribution >= 4 is 17.7 Å². The number of thioether (sulfide) groups is 1. The third-order valence-corrected chi connectivity index (χ3v) is 5.89. The van der Waals surface area contributed by atoms with Gasteiger partial charge in [-0.2, -0.15) is 0 Å². The molecule has 3 aromatic rings. The molecule has 6 heteroatoms. The van der Waals surface area contributed by atoms with Gasteiger partial charge >= 0.3 is 0 Å². The summed E-state index contributed by atoms with van der Waals surface area (Å²) in [5.74, 6) is 0.837. The van der Waals surface area contributed by atoms with Crippen LogP contribution in [0.4, 0.5) is 0 Å². The number of amides is 1. The van der Waals surface area contributed by atoms with Gasteiger partial charge in [-0.25, -0.2) is 0 Å². The molecular weight excluding hydrogens is 356 g/mol. The maximum absolute atomic E-state index is 12.8. The van der Waals surface area contributed by atoms with E-state index in [9.17, 15) is 4.79 Å². The van der Waals surface area contributed by atoms with E-state index in [-0.39, 0.29) is 11.2 Å². The highest BCUT2D eigenvalue weighted by Gasteiger charge is 2.30. The fourth-order valence-electron chi connectivity index (χ4n) is 2.96. The Hall–Kier alpha value is -2.60. The largest absolute Gasteiger partial charge is 0.352 e. The second-order valence-electron chi connectivity index (χ2n) is 6.93. The standard InChI is InChI=1S/C21H22N4OS/c1-14-7-6-10-16(13-14)19-23-24-21(25(19)2)27-18(15-8-4-3-5-9-15)20(26)22-17-11-12-17/h3-10,13,17-18H,11-12H2,1-2H3,(H,22,26)/t18-/m1/s1. The first-order chi connectivity index (χ1) is 13.1. The molecule has 1 fully saturated rings. The quantitative estimate of drug-likeness (QED) is 0.661. The lowest BCUT2D eigenvalue weighted by Gasteiger charge is -2.16. The van der Waals surface area contributed by atoms with Crippen LogP contribution < -0.4 is 5.32 Å². The molecule has 1 saturated carbocycles. The summed E-state index contributed by atoms with van der Waals surface area (Å²) in [6, 6.07) is 18.4. The number of aromatic nitrogens is 3. The highest BCUT2D eigenvalue weighted by Crippen LogP contribution is 2.36. The van der Waals surface area contributed by atoms with Gasteiger partial charge in [-0.15, -0.1) is 10.2 Å². The van der Waals surface area contributed by atoms with Crippen molar-refractivity contribution in [2.75, 3.05) is 0 Å². The van der Waals surface area contributed by atoms with Crippen molar-refractivity contribution in [2.24, 2.45) is 7.05 Å². The van der Waals surface area contributed by atoms with Gasteiger partial charge in [-0.3, -0.25) is 4.79 Å².